The summed E-state index contributed by atoms with van der Waals surface area (Å²) in [6.45, 7) is 7.10. The van der Waals surface area contributed by atoms with Crippen LogP contribution in [0.3, 0.4) is 0 Å². The van der Waals surface area contributed by atoms with Crippen LogP contribution in [-0.4, -0.2) is 62.2 Å². The van der Waals surface area contributed by atoms with Crippen LogP contribution in [0.15, 0.2) is 43.1 Å². The second-order valence-electron chi connectivity index (χ2n) is 8.50. The molecule has 0 amide bonds. The topological polar surface area (TPSA) is 78.8 Å². The molecule has 1 unspecified atom stereocenters. The number of aryl methyl sites for hydroxylation is 1. The van der Waals surface area contributed by atoms with Crippen LogP contribution in [0.4, 0.5) is 5.69 Å². The molecule has 0 saturated carbocycles. The van der Waals surface area contributed by atoms with E-state index in [2.05, 4.69) is 61.2 Å². The van der Waals surface area contributed by atoms with Gasteiger partial charge in [-0.1, -0.05) is 12.0 Å². The highest BCUT2D eigenvalue weighted by Gasteiger charge is 2.40. The molecule has 1 fully saturated rings. The monoisotopic (exact) mass is 438 g/mol. The molecule has 5 rings (SSSR count). The Kier molecular flexibility index (Phi) is 5.45. The van der Waals surface area contributed by atoms with Crippen molar-refractivity contribution >= 4 is 11.8 Å². The first-order valence-corrected chi connectivity index (χ1v) is 11.1. The number of hydrogen-bond acceptors (Lipinski definition) is 6. The maximum Gasteiger partial charge on any atom is 0.103 e. The summed E-state index contributed by atoms with van der Waals surface area (Å²) in [5.74, 6) is 6.17. The van der Waals surface area contributed by atoms with Crippen molar-refractivity contribution in [3.8, 4) is 17.9 Å². The first-order chi connectivity index (χ1) is 16.1. The fourth-order valence-electron chi connectivity index (χ4n) is 4.81. The molecule has 33 heavy (non-hydrogen) atoms. The molecule has 3 aromatic heterocycles. The van der Waals surface area contributed by atoms with E-state index in [9.17, 15) is 5.26 Å². The summed E-state index contributed by atoms with van der Waals surface area (Å²) in [5, 5.41) is 18.5. The van der Waals surface area contributed by atoms with Crippen molar-refractivity contribution in [3.63, 3.8) is 0 Å². The molecule has 2 aliphatic heterocycles. The van der Waals surface area contributed by atoms with Crippen LogP contribution >= 0.6 is 0 Å². The Hall–Kier alpha value is -3.88. The van der Waals surface area contributed by atoms with Gasteiger partial charge >= 0.3 is 0 Å². The van der Waals surface area contributed by atoms with E-state index in [4.69, 9.17) is 0 Å². The fourth-order valence-corrected chi connectivity index (χ4v) is 4.81. The Labute approximate surface area is 193 Å². The van der Waals surface area contributed by atoms with E-state index in [1.54, 1.807) is 6.20 Å². The number of nitrogens with zero attached hydrogens (tertiary/aromatic N) is 8. The third-order valence-electron chi connectivity index (χ3n) is 6.62. The van der Waals surface area contributed by atoms with E-state index in [1.807, 2.05) is 48.0 Å². The van der Waals surface area contributed by atoms with Crippen LogP contribution in [0, 0.1) is 23.2 Å². The molecule has 0 aromatic carbocycles. The lowest BCUT2D eigenvalue weighted by Gasteiger charge is -2.40. The number of anilines is 1. The second kappa shape index (κ2) is 8.57. The van der Waals surface area contributed by atoms with Crippen molar-refractivity contribution in [1.82, 2.24) is 29.4 Å². The third-order valence-corrected chi connectivity index (χ3v) is 6.62. The SMILES string of the molecule is CC#CCN1CCN(c2ccncc2C2(c3cnn(C)c3)C=Cc3c(C#N)cnn3C2)CC1. The number of aromatic nitrogens is 5. The predicted molar refractivity (Wildman–Crippen MR) is 126 cm³/mol. The van der Waals surface area contributed by atoms with E-state index in [0.717, 1.165) is 49.5 Å². The summed E-state index contributed by atoms with van der Waals surface area (Å²) < 4.78 is 3.75. The number of piperazine rings is 1. The smallest absolute Gasteiger partial charge is 0.103 e. The maximum absolute atomic E-state index is 9.46. The lowest BCUT2D eigenvalue weighted by atomic mass is 9.73. The fraction of sp³-hybridized carbons (Fsp3) is 0.360. The van der Waals surface area contributed by atoms with Gasteiger partial charge in [0.15, 0.2) is 0 Å². The van der Waals surface area contributed by atoms with Crippen molar-refractivity contribution in [1.29, 1.82) is 5.26 Å². The predicted octanol–water partition coefficient (Wildman–Crippen LogP) is 2.04. The molecule has 1 atom stereocenters. The van der Waals surface area contributed by atoms with Gasteiger partial charge in [0.05, 0.1) is 42.2 Å². The molecule has 0 spiro atoms. The molecule has 5 heterocycles. The highest BCUT2D eigenvalue weighted by atomic mass is 15.3. The zero-order valence-corrected chi connectivity index (χ0v) is 18.9. The Morgan fingerprint density at radius 1 is 1.12 bits per heavy atom. The van der Waals surface area contributed by atoms with Gasteiger partial charge in [-0.25, -0.2) is 0 Å². The van der Waals surface area contributed by atoms with E-state index in [0.29, 0.717) is 12.1 Å². The molecule has 8 heteroatoms. The van der Waals surface area contributed by atoms with E-state index >= 15 is 0 Å². The van der Waals surface area contributed by atoms with Crippen LogP contribution < -0.4 is 4.90 Å². The van der Waals surface area contributed by atoms with Gasteiger partial charge in [-0.3, -0.25) is 19.2 Å². The minimum absolute atomic E-state index is 0.492. The van der Waals surface area contributed by atoms with Crippen LogP contribution in [0.5, 0.6) is 0 Å². The average Bonchev–Trinajstić information content (AvgIpc) is 3.48. The first kappa shape index (κ1) is 21.0. The summed E-state index contributed by atoms with van der Waals surface area (Å²) in [5.41, 5.74) is 4.31. The van der Waals surface area contributed by atoms with Crippen molar-refractivity contribution in [3.05, 3.63) is 65.5 Å². The van der Waals surface area contributed by atoms with Crippen molar-refractivity contribution in [2.75, 3.05) is 37.6 Å². The van der Waals surface area contributed by atoms with E-state index in [-0.39, 0.29) is 0 Å². The highest BCUT2D eigenvalue weighted by molar-refractivity contribution is 5.66. The van der Waals surface area contributed by atoms with Gasteiger partial charge in [-0.05, 0) is 19.1 Å². The van der Waals surface area contributed by atoms with Gasteiger partial charge in [-0.2, -0.15) is 15.5 Å². The van der Waals surface area contributed by atoms with Gasteiger partial charge in [0, 0.05) is 68.6 Å². The van der Waals surface area contributed by atoms with Crippen molar-refractivity contribution < 1.29 is 0 Å². The quantitative estimate of drug-likeness (QED) is 0.580. The highest BCUT2D eigenvalue weighted by Crippen LogP contribution is 2.43. The Bertz CT molecular complexity index is 1290. The van der Waals surface area contributed by atoms with Crippen molar-refractivity contribution in [2.45, 2.75) is 18.9 Å². The maximum atomic E-state index is 9.46. The molecule has 8 nitrogen and oxygen atoms in total. The van der Waals surface area contributed by atoms with Gasteiger partial charge in [0.25, 0.3) is 0 Å². The largest absolute Gasteiger partial charge is 0.369 e. The van der Waals surface area contributed by atoms with Crippen LogP contribution in [0.1, 0.15) is 29.3 Å². The zero-order valence-electron chi connectivity index (χ0n) is 18.9. The molecule has 0 bridgehead atoms. The lowest BCUT2D eigenvalue weighted by molar-refractivity contribution is 0.287. The molecule has 1 saturated heterocycles. The van der Waals surface area contributed by atoms with Gasteiger partial charge in [0.1, 0.15) is 6.07 Å². The molecule has 166 valence electrons. The summed E-state index contributed by atoms with van der Waals surface area (Å²) in [7, 11) is 1.93. The molecule has 0 radical (unpaired) electrons. The summed E-state index contributed by atoms with van der Waals surface area (Å²) in [6, 6.07) is 4.36. The van der Waals surface area contributed by atoms with Crippen LogP contribution in [0.25, 0.3) is 6.08 Å². The van der Waals surface area contributed by atoms with Gasteiger partial charge in [0.2, 0.25) is 0 Å². The third kappa shape index (κ3) is 3.69. The molecule has 0 N–H and O–H groups in total. The molecular weight excluding hydrogens is 412 g/mol. The minimum atomic E-state index is -0.492. The number of pyridine rings is 1. The second-order valence-corrected chi connectivity index (χ2v) is 8.50. The average molecular weight is 439 g/mol. The first-order valence-electron chi connectivity index (χ1n) is 11.1. The lowest BCUT2D eigenvalue weighted by Crippen LogP contribution is -2.47. The van der Waals surface area contributed by atoms with Gasteiger partial charge < -0.3 is 4.90 Å². The Morgan fingerprint density at radius 3 is 2.70 bits per heavy atom. The molecule has 3 aromatic rings. The Balaban J connectivity index is 1.56. The normalized spacial score (nSPS) is 20.1. The minimum Gasteiger partial charge on any atom is -0.369 e. The van der Waals surface area contributed by atoms with Crippen molar-refractivity contribution in [2.24, 2.45) is 7.05 Å². The summed E-state index contributed by atoms with van der Waals surface area (Å²) in [4.78, 5) is 9.36. The number of rotatable bonds is 4. The van der Waals surface area contributed by atoms with Crippen LogP contribution in [-0.2, 0) is 19.0 Å². The summed E-state index contributed by atoms with van der Waals surface area (Å²) >= 11 is 0. The number of fused-ring (bicyclic) bond motifs is 1. The number of nitriles is 1. The van der Waals surface area contributed by atoms with E-state index < -0.39 is 5.41 Å². The zero-order chi connectivity index (χ0) is 22.8. The number of hydrogen-bond donors (Lipinski definition) is 0. The number of allylic oxidation sites excluding steroid dienone is 1. The standard InChI is InChI=1S/C25H26N8/c1-3-4-9-31-10-12-32(13-11-31)24-6-8-27-17-22(24)25(21-16-28-30(2)18-21)7-5-23-20(14-26)15-29-33(23)19-25/h5-8,15-18H,9-13,19H2,1-2H3. The molecule has 2 aliphatic rings. The van der Waals surface area contributed by atoms with Crippen LogP contribution in [0.2, 0.25) is 0 Å². The van der Waals surface area contributed by atoms with Gasteiger partial charge in [-0.15, -0.1) is 5.92 Å². The summed E-state index contributed by atoms with van der Waals surface area (Å²) in [6.07, 6.45) is 13.7. The molecule has 0 aliphatic carbocycles. The van der Waals surface area contributed by atoms with E-state index in [1.165, 1.54) is 5.69 Å². The Morgan fingerprint density at radius 2 is 1.97 bits per heavy atom. The molecular formula is C25H26N8.